The molecule has 0 aliphatic heterocycles. The maximum Gasteiger partial charge on any atom is 0.179 e. The average Bonchev–Trinajstić information content (AvgIpc) is 2.18. The van der Waals surface area contributed by atoms with Crippen LogP contribution in [0.4, 0.5) is 0 Å². The lowest BCUT2D eigenvalue weighted by molar-refractivity contribution is 0.283. The highest BCUT2D eigenvalue weighted by Crippen LogP contribution is 2.25. The van der Waals surface area contributed by atoms with Gasteiger partial charge in [-0.2, -0.15) is 0 Å². The molecule has 0 radical (unpaired) electrons. The summed E-state index contributed by atoms with van der Waals surface area (Å²) in [7, 11) is -3.23. The predicted molar refractivity (Wildman–Crippen MR) is 69.2 cm³/mol. The van der Waals surface area contributed by atoms with Crippen molar-refractivity contribution in [2.75, 3.05) is 12.9 Å². The van der Waals surface area contributed by atoms with Crippen LogP contribution in [0.2, 0.25) is 0 Å². The van der Waals surface area contributed by atoms with Crippen molar-refractivity contribution >= 4 is 9.84 Å². The van der Waals surface area contributed by atoms with Crippen LogP contribution in [0.5, 0.6) is 5.75 Å². The van der Waals surface area contributed by atoms with Gasteiger partial charge in [-0.25, -0.2) is 8.42 Å². The first-order valence-corrected chi connectivity index (χ1v) is 7.63. The summed E-state index contributed by atoms with van der Waals surface area (Å²) in [5.74, 6) is 1.00. The largest absolute Gasteiger partial charge is 0.492 e. The zero-order valence-electron chi connectivity index (χ0n) is 10.9. The molecule has 1 rings (SSSR count). The van der Waals surface area contributed by atoms with E-state index in [1.807, 2.05) is 13.0 Å². The van der Waals surface area contributed by atoms with Crippen LogP contribution in [0, 0.1) is 12.8 Å². The third-order valence-corrected chi connectivity index (χ3v) is 3.57. The molecule has 0 atom stereocenters. The number of aryl methyl sites for hydroxylation is 1. The summed E-state index contributed by atoms with van der Waals surface area (Å²) in [5.41, 5.74) is 0.918. The van der Waals surface area contributed by atoms with Crippen molar-refractivity contribution < 1.29 is 13.2 Å². The van der Waals surface area contributed by atoms with Crippen LogP contribution in [0.25, 0.3) is 0 Å². The molecule has 0 amide bonds. The van der Waals surface area contributed by atoms with Crippen LogP contribution in [-0.2, 0) is 9.84 Å². The Labute approximate surface area is 104 Å². The van der Waals surface area contributed by atoms with Gasteiger partial charge in [0.05, 0.1) is 6.61 Å². The molecule has 0 fully saturated rings. The van der Waals surface area contributed by atoms with Crippen molar-refractivity contribution in [3.05, 3.63) is 23.8 Å². The van der Waals surface area contributed by atoms with E-state index >= 15 is 0 Å². The summed E-state index contributed by atoms with van der Waals surface area (Å²) in [6.45, 7) is 6.63. The summed E-state index contributed by atoms with van der Waals surface area (Å²) in [4.78, 5) is 0.279. The molecule has 0 unspecified atom stereocenters. The van der Waals surface area contributed by atoms with Crippen molar-refractivity contribution in [2.45, 2.75) is 32.1 Å². The summed E-state index contributed by atoms with van der Waals surface area (Å²) in [6.07, 6.45) is 2.12. The molecule has 3 nitrogen and oxygen atoms in total. The minimum atomic E-state index is -3.23. The van der Waals surface area contributed by atoms with E-state index in [-0.39, 0.29) is 4.90 Å². The smallest absolute Gasteiger partial charge is 0.179 e. The Morgan fingerprint density at radius 2 is 1.94 bits per heavy atom. The van der Waals surface area contributed by atoms with Crippen LogP contribution < -0.4 is 4.74 Å². The van der Waals surface area contributed by atoms with E-state index in [1.165, 1.54) is 6.26 Å². The van der Waals surface area contributed by atoms with Gasteiger partial charge in [0.15, 0.2) is 9.84 Å². The molecule has 96 valence electrons. The van der Waals surface area contributed by atoms with E-state index in [1.54, 1.807) is 12.1 Å². The highest BCUT2D eigenvalue weighted by molar-refractivity contribution is 7.90. The Balaban J connectivity index is 2.92. The van der Waals surface area contributed by atoms with Gasteiger partial charge in [0.25, 0.3) is 0 Å². The molecule has 0 heterocycles. The lowest BCUT2D eigenvalue weighted by Crippen LogP contribution is -2.06. The molecular weight excluding hydrogens is 236 g/mol. The van der Waals surface area contributed by atoms with E-state index in [9.17, 15) is 8.42 Å². The first-order valence-electron chi connectivity index (χ1n) is 5.74. The summed E-state index contributed by atoms with van der Waals surface area (Å²) < 4.78 is 28.8. The number of hydrogen-bond acceptors (Lipinski definition) is 3. The summed E-state index contributed by atoms with van der Waals surface area (Å²) in [5, 5.41) is 0. The molecule has 0 aromatic heterocycles. The zero-order valence-corrected chi connectivity index (χ0v) is 11.7. The van der Waals surface area contributed by atoms with Gasteiger partial charge in [0.1, 0.15) is 10.6 Å². The van der Waals surface area contributed by atoms with Crippen molar-refractivity contribution in [3.8, 4) is 5.75 Å². The molecule has 1 aromatic carbocycles. The van der Waals surface area contributed by atoms with E-state index in [4.69, 9.17) is 4.74 Å². The van der Waals surface area contributed by atoms with Gasteiger partial charge in [-0.05, 0) is 37.0 Å². The van der Waals surface area contributed by atoms with Gasteiger partial charge >= 0.3 is 0 Å². The Bertz CT molecular complexity index is 475. The molecule has 0 spiro atoms. The molecule has 0 saturated heterocycles. The maximum absolute atomic E-state index is 11.6. The van der Waals surface area contributed by atoms with Crippen molar-refractivity contribution in [3.63, 3.8) is 0 Å². The second-order valence-electron chi connectivity index (χ2n) is 4.75. The summed E-state index contributed by atoms with van der Waals surface area (Å²) in [6, 6.07) is 5.24. The van der Waals surface area contributed by atoms with Crippen molar-refractivity contribution in [1.29, 1.82) is 0 Å². The van der Waals surface area contributed by atoms with Crippen LogP contribution in [0.1, 0.15) is 25.8 Å². The van der Waals surface area contributed by atoms with E-state index in [2.05, 4.69) is 13.8 Å². The highest BCUT2D eigenvalue weighted by atomic mass is 32.2. The Kier molecular flexibility index (Phi) is 4.57. The van der Waals surface area contributed by atoms with E-state index in [0.717, 1.165) is 12.0 Å². The number of rotatable bonds is 5. The molecule has 0 aliphatic carbocycles. The molecule has 0 bridgehead atoms. The number of sulfone groups is 1. The topological polar surface area (TPSA) is 43.4 Å². The molecule has 0 saturated carbocycles. The van der Waals surface area contributed by atoms with Gasteiger partial charge in [-0.1, -0.05) is 19.9 Å². The average molecular weight is 256 g/mol. The fourth-order valence-electron chi connectivity index (χ4n) is 1.43. The predicted octanol–water partition coefficient (Wildman–Crippen LogP) is 2.82. The van der Waals surface area contributed by atoms with Gasteiger partial charge in [-0.15, -0.1) is 0 Å². The quantitative estimate of drug-likeness (QED) is 0.813. The van der Waals surface area contributed by atoms with Gasteiger partial charge in [0.2, 0.25) is 0 Å². The van der Waals surface area contributed by atoms with Gasteiger partial charge in [-0.3, -0.25) is 0 Å². The van der Waals surface area contributed by atoms with Gasteiger partial charge < -0.3 is 4.74 Å². The second-order valence-corrected chi connectivity index (χ2v) is 6.74. The van der Waals surface area contributed by atoms with Crippen LogP contribution in [0.15, 0.2) is 23.1 Å². The SMILES string of the molecule is Cc1ccc(OCCC(C)C)c(S(C)(=O)=O)c1. The number of ether oxygens (including phenoxy) is 1. The second kappa shape index (κ2) is 5.54. The number of hydrogen-bond donors (Lipinski definition) is 0. The minimum absolute atomic E-state index is 0.279. The zero-order chi connectivity index (χ0) is 13.1. The summed E-state index contributed by atoms with van der Waals surface area (Å²) >= 11 is 0. The van der Waals surface area contributed by atoms with E-state index in [0.29, 0.717) is 18.3 Å². The lowest BCUT2D eigenvalue weighted by atomic mass is 10.1. The Morgan fingerprint density at radius 3 is 2.47 bits per heavy atom. The van der Waals surface area contributed by atoms with Crippen molar-refractivity contribution in [1.82, 2.24) is 0 Å². The Morgan fingerprint density at radius 1 is 1.29 bits per heavy atom. The monoisotopic (exact) mass is 256 g/mol. The maximum atomic E-state index is 11.6. The fourth-order valence-corrected chi connectivity index (χ4v) is 2.32. The van der Waals surface area contributed by atoms with Crippen molar-refractivity contribution in [2.24, 2.45) is 5.92 Å². The lowest BCUT2D eigenvalue weighted by Gasteiger charge is -2.12. The Hall–Kier alpha value is -1.03. The third kappa shape index (κ3) is 4.38. The normalized spacial score (nSPS) is 11.8. The molecule has 0 N–H and O–H groups in total. The molecule has 1 aromatic rings. The highest BCUT2D eigenvalue weighted by Gasteiger charge is 2.14. The first kappa shape index (κ1) is 14.0. The third-order valence-electron chi connectivity index (χ3n) is 2.45. The minimum Gasteiger partial charge on any atom is -0.492 e. The van der Waals surface area contributed by atoms with Gasteiger partial charge in [0, 0.05) is 6.26 Å². The molecule has 0 aliphatic rings. The molecule has 4 heteroatoms. The standard InChI is InChI=1S/C13H20O3S/c1-10(2)7-8-16-12-6-5-11(3)9-13(12)17(4,14)15/h5-6,9-10H,7-8H2,1-4H3. The van der Waals surface area contributed by atoms with E-state index < -0.39 is 9.84 Å². The van der Waals surface area contributed by atoms with Crippen LogP contribution in [0.3, 0.4) is 0 Å². The fraction of sp³-hybridized carbons (Fsp3) is 0.538. The van der Waals surface area contributed by atoms with Crippen LogP contribution >= 0.6 is 0 Å². The molecular formula is C13H20O3S. The molecule has 17 heavy (non-hydrogen) atoms. The first-order chi connectivity index (χ1) is 7.80. The van der Waals surface area contributed by atoms with Crippen LogP contribution in [-0.4, -0.2) is 21.3 Å². The number of benzene rings is 1.